The van der Waals surface area contributed by atoms with Crippen LogP contribution < -0.4 is 19.6 Å². The van der Waals surface area contributed by atoms with Gasteiger partial charge in [-0.2, -0.15) is 0 Å². The topological polar surface area (TPSA) is 120 Å². The second-order valence-corrected chi connectivity index (χ2v) is 10.8. The molecule has 2 aromatic heterocycles. The van der Waals surface area contributed by atoms with Crippen molar-refractivity contribution in [2.75, 3.05) is 13.7 Å². The van der Waals surface area contributed by atoms with Crippen molar-refractivity contribution in [1.29, 1.82) is 0 Å². The number of carbonyl (C=O) groups excluding carboxylic acids is 1. The number of aromatic carboxylic acids is 1. The van der Waals surface area contributed by atoms with E-state index in [-0.39, 0.29) is 23.3 Å². The number of ether oxygens (including phenoxy) is 2. The summed E-state index contributed by atoms with van der Waals surface area (Å²) in [6.07, 6.45) is 1.64. The number of rotatable bonds is 8. The first-order valence-corrected chi connectivity index (χ1v) is 14.6. The Bertz CT molecular complexity index is 2070. The maximum atomic E-state index is 14.1. The average Bonchev–Trinajstić information content (AvgIpc) is 3.65. The highest BCUT2D eigenvalue weighted by Crippen LogP contribution is 2.35. The fraction of sp³-hybridized carbons (Fsp3) is 0.118. The van der Waals surface area contributed by atoms with Gasteiger partial charge in [-0.1, -0.05) is 65.9 Å². The zero-order valence-electron chi connectivity index (χ0n) is 23.7. The lowest BCUT2D eigenvalue weighted by molar-refractivity contribution is -0.138. The lowest BCUT2D eigenvalue weighted by atomic mass is 9.93. The van der Waals surface area contributed by atoms with Gasteiger partial charge in [0.1, 0.15) is 17.3 Å². The van der Waals surface area contributed by atoms with E-state index in [0.29, 0.717) is 43.4 Å². The van der Waals surface area contributed by atoms with Crippen molar-refractivity contribution < 1.29 is 28.6 Å². The normalized spacial score (nSPS) is 14.6. The maximum absolute atomic E-state index is 14.1. The van der Waals surface area contributed by atoms with Crippen LogP contribution in [0, 0.1) is 0 Å². The lowest BCUT2D eigenvalue weighted by Crippen LogP contribution is -2.40. The molecule has 3 aromatic carbocycles. The molecule has 0 unspecified atom stereocenters. The van der Waals surface area contributed by atoms with Crippen LogP contribution in [-0.4, -0.2) is 35.3 Å². The third-order valence-electron chi connectivity index (χ3n) is 7.12. The number of hydrogen-bond donors (Lipinski definition) is 1. The minimum absolute atomic E-state index is 0.157. The van der Waals surface area contributed by atoms with Gasteiger partial charge in [-0.25, -0.2) is 14.6 Å². The van der Waals surface area contributed by atoms with Gasteiger partial charge in [0, 0.05) is 17.2 Å². The monoisotopic (exact) mass is 606 g/mol. The molecule has 0 radical (unpaired) electrons. The number of methoxy groups -OCH3 is 1. The second kappa shape index (κ2) is 12.0. The molecule has 1 aliphatic rings. The number of benzene rings is 3. The fourth-order valence-corrected chi connectivity index (χ4v) is 6.01. The smallest absolute Gasteiger partial charge is 0.338 e. The number of carboxylic acids is 1. The van der Waals surface area contributed by atoms with E-state index < -0.39 is 18.0 Å². The molecule has 10 heteroatoms. The first-order valence-electron chi connectivity index (χ1n) is 13.7. The summed E-state index contributed by atoms with van der Waals surface area (Å²) in [6, 6.07) is 25.6. The largest absolute Gasteiger partial charge is 0.497 e. The van der Waals surface area contributed by atoms with Crippen LogP contribution in [0.25, 0.3) is 23.1 Å². The van der Waals surface area contributed by atoms with Crippen LogP contribution in [0.2, 0.25) is 0 Å². The molecule has 220 valence electrons. The Hall–Kier alpha value is -5.48. The van der Waals surface area contributed by atoms with Gasteiger partial charge in [0.05, 0.1) is 41.1 Å². The van der Waals surface area contributed by atoms with E-state index in [0.717, 1.165) is 5.56 Å². The van der Waals surface area contributed by atoms with Crippen LogP contribution in [0.1, 0.15) is 40.2 Å². The number of carboxylic acid groups (broad SMARTS) is 1. The quantitative estimate of drug-likeness (QED) is 0.250. The minimum atomic E-state index is -1.01. The molecule has 0 saturated heterocycles. The summed E-state index contributed by atoms with van der Waals surface area (Å²) >= 11 is 1.19. The zero-order valence-corrected chi connectivity index (χ0v) is 24.5. The van der Waals surface area contributed by atoms with Crippen molar-refractivity contribution in [3.8, 4) is 17.1 Å². The van der Waals surface area contributed by atoms with Crippen molar-refractivity contribution in [2.24, 2.45) is 4.99 Å². The molecular weight excluding hydrogens is 580 g/mol. The summed E-state index contributed by atoms with van der Waals surface area (Å²) in [5, 5.41) is 9.18. The molecule has 0 aliphatic carbocycles. The number of furan rings is 1. The van der Waals surface area contributed by atoms with E-state index in [2.05, 4.69) is 0 Å². The van der Waals surface area contributed by atoms with Gasteiger partial charge in [-0.3, -0.25) is 9.36 Å². The van der Waals surface area contributed by atoms with Gasteiger partial charge < -0.3 is 19.0 Å². The molecule has 1 aliphatic heterocycles. The molecule has 0 bridgehead atoms. The van der Waals surface area contributed by atoms with Crippen LogP contribution in [0.15, 0.2) is 111 Å². The van der Waals surface area contributed by atoms with Crippen LogP contribution in [0.3, 0.4) is 0 Å². The second-order valence-electron chi connectivity index (χ2n) is 9.79. The predicted molar refractivity (Wildman–Crippen MR) is 165 cm³/mol. The SMILES string of the molecule is CCOC(=O)C1=C(c2ccccc2)N=c2s/c(=C\c3ccc(-c4ccc(C(=O)O)cc4)o3)c(=O)n2[C@H]1c1ccc(OC)cc1. The average molecular weight is 607 g/mol. The standard InChI is InChI=1S/C34H26N2O7S/c1-3-42-33(40)28-29(21-7-5-4-6-8-21)35-34-36(30(28)22-13-15-24(41-2)16-14-22)31(37)27(44-34)19-25-17-18-26(43-25)20-9-11-23(12-10-20)32(38)39/h4-19,30H,3H2,1-2H3,(H,38,39)/b27-19-/t30-/m0/s1. The lowest BCUT2D eigenvalue weighted by Gasteiger charge is -2.26. The Balaban J connectivity index is 1.52. The van der Waals surface area contributed by atoms with Gasteiger partial charge in [-0.15, -0.1) is 0 Å². The summed E-state index contributed by atoms with van der Waals surface area (Å²) < 4.78 is 18.7. The Labute approximate surface area is 255 Å². The Morgan fingerprint density at radius 2 is 1.70 bits per heavy atom. The number of fused-ring (bicyclic) bond motifs is 1. The van der Waals surface area contributed by atoms with E-state index in [4.69, 9.17) is 18.9 Å². The summed E-state index contributed by atoms with van der Waals surface area (Å²) in [7, 11) is 1.57. The highest BCUT2D eigenvalue weighted by atomic mass is 32.1. The van der Waals surface area contributed by atoms with Gasteiger partial charge in [0.2, 0.25) is 0 Å². The summed E-state index contributed by atoms with van der Waals surface area (Å²) in [5.74, 6) is 0.0168. The van der Waals surface area contributed by atoms with E-state index >= 15 is 0 Å². The predicted octanol–water partition coefficient (Wildman–Crippen LogP) is 4.90. The van der Waals surface area contributed by atoms with E-state index in [1.165, 1.54) is 28.0 Å². The van der Waals surface area contributed by atoms with Crippen LogP contribution in [0.4, 0.5) is 0 Å². The molecule has 0 amide bonds. The molecule has 3 heterocycles. The van der Waals surface area contributed by atoms with Crippen molar-refractivity contribution >= 4 is 35.0 Å². The summed E-state index contributed by atoms with van der Waals surface area (Å²) in [5.41, 5.74) is 2.63. The van der Waals surface area contributed by atoms with Gasteiger partial charge in [0.25, 0.3) is 5.56 Å². The summed E-state index contributed by atoms with van der Waals surface area (Å²) in [4.78, 5) is 44.1. The first kappa shape index (κ1) is 28.6. The molecule has 0 fully saturated rings. The van der Waals surface area contributed by atoms with Crippen molar-refractivity contribution in [1.82, 2.24) is 4.57 Å². The molecule has 0 saturated carbocycles. The molecule has 5 aromatic rings. The van der Waals surface area contributed by atoms with Crippen molar-refractivity contribution in [3.63, 3.8) is 0 Å². The highest BCUT2D eigenvalue weighted by molar-refractivity contribution is 7.07. The van der Waals surface area contributed by atoms with E-state index in [9.17, 15) is 19.5 Å². The minimum Gasteiger partial charge on any atom is -0.497 e. The third kappa shape index (κ3) is 5.38. The number of aromatic nitrogens is 1. The number of esters is 1. The van der Waals surface area contributed by atoms with E-state index in [1.54, 1.807) is 56.5 Å². The van der Waals surface area contributed by atoms with Crippen LogP contribution in [-0.2, 0) is 9.53 Å². The molecule has 9 nitrogen and oxygen atoms in total. The number of carbonyl (C=O) groups is 2. The van der Waals surface area contributed by atoms with Crippen molar-refractivity contribution in [3.05, 3.63) is 139 Å². The van der Waals surface area contributed by atoms with Gasteiger partial charge in [0.15, 0.2) is 4.80 Å². The summed E-state index contributed by atoms with van der Waals surface area (Å²) in [6.45, 7) is 1.89. The molecule has 6 rings (SSSR count). The molecular formula is C34H26N2O7S. The Morgan fingerprint density at radius 1 is 0.977 bits per heavy atom. The number of nitrogens with zero attached hydrogens (tertiary/aromatic N) is 2. The van der Waals surface area contributed by atoms with Gasteiger partial charge >= 0.3 is 11.9 Å². The molecule has 44 heavy (non-hydrogen) atoms. The maximum Gasteiger partial charge on any atom is 0.338 e. The van der Waals surface area contributed by atoms with Crippen LogP contribution in [0.5, 0.6) is 5.75 Å². The first-order chi connectivity index (χ1) is 21.4. The molecule has 1 N–H and O–H groups in total. The van der Waals surface area contributed by atoms with Crippen LogP contribution >= 0.6 is 11.3 Å². The van der Waals surface area contributed by atoms with Gasteiger partial charge in [-0.05, 0) is 48.9 Å². The highest BCUT2D eigenvalue weighted by Gasteiger charge is 2.35. The molecule has 1 atom stereocenters. The molecule has 0 spiro atoms. The third-order valence-corrected chi connectivity index (χ3v) is 8.10. The van der Waals surface area contributed by atoms with Crippen molar-refractivity contribution in [2.45, 2.75) is 13.0 Å². The number of hydrogen-bond acceptors (Lipinski definition) is 8. The Kier molecular flexibility index (Phi) is 7.82. The fourth-order valence-electron chi connectivity index (χ4n) is 5.03. The van der Waals surface area contributed by atoms with E-state index in [1.807, 2.05) is 42.5 Å². The zero-order chi connectivity index (χ0) is 30.8. The number of thiazole rings is 1. The Morgan fingerprint density at radius 3 is 2.36 bits per heavy atom.